The predicted octanol–water partition coefficient (Wildman–Crippen LogP) is -0.0526. The smallest absolute Gasteiger partial charge is 0.244 e. The van der Waals surface area contributed by atoms with Gasteiger partial charge in [-0.25, -0.2) is 9.97 Å². The molecule has 3 N–H and O–H groups in total. The molecule has 0 saturated carbocycles. The van der Waals surface area contributed by atoms with Crippen LogP contribution in [-0.4, -0.2) is 40.9 Å². The number of amides is 1. The molecule has 1 heterocycles. The van der Waals surface area contributed by atoms with Crippen molar-refractivity contribution in [1.82, 2.24) is 14.9 Å². The monoisotopic (exact) mass is 209 g/mol. The summed E-state index contributed by atoms with van der Waals surface area (Å²) >= 11 is 0. The molecule has 0 radical (unpaired) electrons. The maximum absolute atomic E-state index is 11.5. The minimum absolute atomic E-state index is 0.0342. The average molecular weight is 209 g/mol. The lowest BCUT2D eigenvalue weighted by molar-refractivity contribution is -0.129. The molecule has 0 aromatic carbocycles. The van der Waals surface area contributed by atoms with Crippen LogP contribution in [0.15, 0.2) is 12.5 Å². The van der Waals surface area contributed by atoms with Crippen LogP contribution in [0.5, 0.6) is 0 Å². The van der Waals surface area contributed by atoms with Crippen molar-refractivity contribution >= 4 is 17.4 Å². The van der Waals surface area contributed by atoms with Crippen LogP contribution >= 0.6 is 0 Å². The van der Waals surface area contributed by atoms with Crippen LogP contribution in [-0.2, 0) is 4.79 Å². The minimum Gasteiger partial charge on any atom is -0.394 e. The van der Waals surface area contributed by atoms with Crippen LogP contribution in [0.4, 0.5) is 11.5 Å². The predicted molar refractivity (Wildman–Crippen MR) is 58.2 cm³/mol. The molecule has 0 saturated heterocycles. The van der Waals surface area contributed by atoms with Crippen molar-refractivity contribution in [1.29, 1.82) is 0 Å². The van der Waals surface area contributed by atoms with Crippen molar-refractivity contribution in [2.45, 2.75) is 13.0 Å². The van der Waals surface area contributed by atoms with Crippen molar-refractivity contribution in [3.8, 4) is 0 Å². The maximum Gasteiger partial charge on any atom is 0.244 e. The second-order valence-corrected chi connectivity index (χ2v) is 3.43. The van der Waals surface area contributed by atoms with Crippen molar-refractivity contribution in [2.75, 3.05) is 25.1 Å². The number of nitrogens with two attached hydrogens (primary N) is 1. The molecule has 1 aromatic heterocycles. The van der Waals surface area contributed by atoms with E-state index in [1.54, 1.807) is 21.0 Å². The van der Waals surface area contributed by atoms with Gasteiger partial charge in [-0.3, -0.25) is 4.79 Å². The number of rotatable bonds is 3. The molecule has 0 spiro atoms. The molecule has 1 amide bonds. The van der Waals surface area contributed by atoms with E-state index in [4.69, 9.17) is 5.73 Å². The number of hydrogen-bond acceptors (Lipinski definition) is 5. The molecule has 15 heavy (non-hydrogen) atoms. The molecule has 0 aliphatic rings. The van der Waals surface area contributed by atoms with Gasteiger partial charge in [0, 0.05) is 14.1 Å². The molecule has 1 aromatic rings. The van der Waals surface area contributed by atoms with Gasteiger partial charge in [0.1, 0.15) is 12.4 Å². The van der Waals surface area contributed by atoms with Crippen LogP contribution < -0.4 is 11.1 Å². The maximum atomic E-state index is 11.5. The zero-order valence-corrected chi connectivity index (χ0v) is 9.06. The highest BCUT2D eigenvalue weighted by Gasteiger charge is 2.15. The summed E-state index contributed by atoms with van der Waals surface area (Å²) in [4.78, 5) is 20.7. The lowest BCUT2D eigenvalue weighted by Gasteiger charge is -2.18. The summed E-state index contributed by atoms with van der Waals surface area (Å²) in [6.45, 7) is 1.75. The molecular formula is C9H15N5O. The van der Waals surface area contributed by atoms with Crippen LogP contribution in [0.3, 0.4) is 0 Å². The molecule has 0 bridgehead atoms. The van der Waals surface area contributed by atoms with E-state index < -0.39 is 0 Å². The van der Waals surface area contributed by atoms with Crippen LogP contribution in [0.1, 0.15) is 6.92 Å². The van der Waals surface area contributed by atoms with E-state index in [2.05, 4.69) is 15.3 Å². The quantitative estimate of drug-likeness (QED) is 0.729. The summed E-state index contributed by atoms with van der Waals surface area (Å²) in [5.41, 5.74) is 6.06. The molecule has 0 aliphatic heterocycles. The summed E-state index contributed by atoms with van der Waals surface area (Å²) in [7, 11) is 3.40. The van der Waals surface area contributed by atoms with E-state index >= 15 is 0 Å². The first-order valence-electron chi connectivity index (χ1n) is 4.55. The molecule has 6 nitrogen and oxygen atoms in total. The molecule has 6 heteroatoms. The first-order valence-corrected chi connectivity index (χ1v) is 4.55. The topological polar surface area (TPSA) is 84.1 Å². The zero-order chi connectivity index (χ0) is 11.4. The Morgan fingerprint density at radius 2 is 2.27 bits per heavy atom. The van der Waals surface area contributed by atoms with Gasteiger partial charge in [-0.15, -0.1) is 0 Å². The normalized spacial score (nSPS) is 11.9. The van der Waals surface area contributed by atoms with Crippen molar-refractivity contribution in [3.05, 3.63) is 12.5 Å². The Hall–Kier alpha value is -1.85. The summed E-state index contributed by atoms with van der Waals surface area (Å²) < 4.78 is 0. The number of carbonyl (C=O) groups is 1. The highest BCUT2D eigenvalue weighted by atomic mass is 16.2. The largest absolute Gasteiger partial charge is 0.394 e. The van der Waals surface area contributed by atoms with Crippen molar-refractivity contribution in [3.63, 3.8) is 0 Å². The van der Waals surface area contributed by atoms with Gasteiger partial charge in [0.05, 0.1) is 11.9 Å². The third-order valence-corrected chi connectivity index (χ3v) is 1.90. The fraction of sp³-hybridized carbons (Fsp3) is 0.444. The van der Waals surface area contributed by atoms with Gasteiger partial charge in [0.15, 0.2) is 5.82 Å². The van der Waals surface area contributed by atoms with E-state index in [1.165, 1.54) is 17.4 Å². The Labute approximate surface area is 88.5 Å². The van der Waals surface area contributed by atoms with Gasteiger partial charge in [-0.2, -0.15) is 0 Å². The van der Waals surface area contributed by atoms with Gasteiger partial charge in [0.25, 0.3) is 0 Å². The van der Waals surface area contributed by atoms with Gasteiger partial charge in [-0.1, -0.05) is 0 Å². The average Bonchev–Trinajstić information content (AvgIpc) is 2.20. The van der Waals surface area contributed by atoms with Gasteiger partial charge >= 0.3 is 0 Å². The van der Waals surface area contributed by atoms with Crippen LogP contribution in [0, 0.1) is 0 Å². The minimum atomic E-state index is -0.364. The van der Waals surface area contributed by atoms with E-state index in [9.17, 15) is 4.79 Å². The highest BCUT2D eigenvalue weighted by Crippen LogP contribution is 2.12. The van der Waals surface area contributed by atoms with Crippen LogP contribution in [0.25, 0.3) is 0 Å². The van der Waals surface area contributed by atoms with Crippen molar-refractivity contribution in [2.24, 2.45) is 0 Å². The number of nitrogens with zero attached hydrogens (tertiary/aromatic N) is 3. The standard InChI is InChI=1S/C9H15N5O/c1-6(9(15)14(2)3)13-8-7(10)4-11-5-12-8/h4-6H,10H2,1-3H3,(H,11,12,13). The second kappa shape index (κ2) is 4.59. The number of nitrogens with one attached hydrogen (secondary N) is 1. The van der Waals surface area contributed by atoms with Gasteiger partial charge in [-0.05, 0) is 6.92 Å². The zero-order valence-electron chi connectivity index (χ0n) is 9.06. The molecule has 1 unspecified atom stereocenters. The fourth-order valence-electron chi connectivity index (χ4n) is 1.12. The van der Waals surface area contributed by atoms with Gasteiger partial charge < -0.3 is 16.0 Å². The molecule has 0 fully saturated rings. The number of nitrogen functional groups attached to an aromatic ring is 1. The van der Waals surface area contributed by atoms with Crippen molar-refractivity contribution < 1.29 is 4.79 Å². The SMILES string of the molecule is CC(Nc1ncncc1N)C(=O)N(C)C. The highest BCUT2D eigenvalue weighted by molar-refractivity contribution is 5.84. The molecule has 0 aliphatic carbocycles. The van der Waals surface area contributed by atoms with E-state index in [0.29, 0.717) is 11.5 Å². The summed E-state index contributed by atoms with van der Waals surface area (Å²) in [5, 5.41) is 2.92. The van der Waals surface area contributed by atoms with Crippen LogP contribution in [0.2, 0.25) is 0 Å². The Bertz CT molecular complexity index is 352. The second-order valence-electron chi connectivity index (χ2n) is 3.43. The molecule has 1 rings (SSSR count). The third-order valence-electron chi connectivity index (χ3n) is 1.90. The molecule has 82 valence electrons. The third kappa shape index (κ3) is 2.80. The first-order chi connectivity index (χ1) is 7.02. The summed E-state index contributed by atoms with van der Waals surface area (Å²) in [6.07, 6.45) is 2.87. The van der Waals surface area contributed by atoms with Gasteiger partial charge in [0.2, 0.25) is 5.91 Å². The summed E-state index contributed by atoms with van der Waals surface area (Å²) in [6, 6.07) is -0.364. The number of aromatic nitrogens is 2. The Morgan fingerprint density at radius 1 is 1.60 bits per heavy atom. The number of hydrogen-bond donors (Lipinski definition) is 2. The number of carbonyl (C=O) groups excluding carboxylic acids is 1. The lowest BCUT2D eigenvalue weighted by Crippen LogP contribution is -2.37. The van der Waals surface area contributed by atoms with E-state index in [1.807, 2.05) is 0 Å². The first kappa shape index (κ1) is 11.2. The number of anilines is 2. The number of likely N-dealkylation sites (N-methyl/N-ethyl adjacent to an activating group) is 1. The molecular weight excluding hydrogens is 194 g/mol. The summed E-state index contributed by atoms with van der Waals surface area (Å²) in [5.74, 6) is 0.445. The lowest BCUT2D eigenvalue weighted by atomic mass is 10.3. The Kier molecular flexibility index (Phi) is 3.43. The van der Waals surface area contributed by atoms with E-state index in [0.717, 1.165) is 0 Å². The Morgan fingerprint density at radius 3 is 2.80 bits per heavy atom. The van der Waals surface area contributed by atoms with E-state index in [-0.39, 0.29) is 11.9 Å². The Balaban J connectivity index is 2.71. The fourth-order valence-corrected chi connectivity index (χ4v) is 1.12. The molecule has 1 atom stereocenters.